The van der Waals surface area contributed by atoms with Crippen LogP contribution in [-0.2, 0) is 10.2 Å². The lowest BCUT2D eigenvalue weighted by Gasteiger charge is -2.37. The molecule has 0 bridgehead atoms. The van der Waals surface area contributed by atoms with Gasteiger partial charge >= 0.3 is 0 Å². The molecule has 2 saturated heterocycles. The van der Waals surface area contributed by atoms with Gasteiger partial charge in [-0.2, -0.15) is 0 Å². The van der Waals surface area contributed by atoms with E-state index in [0.29, 0.717) is 6.54 Å². The van der Waals surface area contributed by atoms with Gasteiger partial charge in [-0.1, -0.05) is 12.1 Å². The molecular formula is C20H31N3O3. The number of hydrogen-bond acceptors (Lipinski definition) is 4. The zero-order valence-corrected chi connectivity index (χ0v) is 15.9. The third kappa shape index (κ3) is 4.30. The van der Waals surface area contributed by atoms with Crippen LogP contribution >= 0.6 is 0 Å². The van der Waals surface area contributed by atoms with Crippen molar-refractivity contribution in [2.45, 2.75) is 37.7 Å². The van der Waals surface area contributed by atoms with E-state index in [1.165, 1.54) is 5.56 Å². The van der Waals surface area contributed by atoms with Gasteiger partial charge in [0.25, 0.3) is 0 Å². The molecule has 1 aromatic carbocycles. The van der Waals surface area contributed by atoms with Crippen molar-refractivity contribution in [3.05, 3.63) is 29.8 Å². The number of β-amino-alcohol motifs (C(OH)–C–C–N with tert-alkyl or cyclic N) is 1. The van der Waals surface area contributed by atoms with E-state index in [2.05, 4.69) is 29.3 Å². The number of guanidine groups is 1. The molecule has 1 atom stereocenters. The Morgan fingerprint density at radius 2 is 2.08 bits per heavy atom. The summed E-state index contributed by atoms with van der Waals surface area (Å²) in [6.45, 7) is 6.66. The SMILES string of the molecule is CCNC(=NCC1(c2ccc(OC)cc2)CCOCC1)N1CC[C@@H](O)C1. The Morgan fingerprint density at radius 3 is 2.65 bits per heavy atom. The molecule has 0 amide bonds. The van der Waals surface area contributed by atoms with Crippen LogP contribution in [-0.4, -0.2) is 68.6 Å². The molecule has 2 N–H and O–H groups in total. The first kappa shape index (κ1) is 19.0. The number of aliphatic hydroxyl groups is 1. The molecule has 0 saturated carbocycles. The highest BCUT2D eigenvalue weighted by Gasteiger charge is 2.35. The highest BCUT2D eigenvalue weighted by Crippen LogP contribution is 2.36. The van der Waals surface area contributed by atoms with Crippen LogP contribution in [0.15, 0.2) is 29.3 Å². The van der Waals surface area contributed by atoms with Gasteiger partial charge < -0.3 is 24.8 Å². The quantitative estimate of drug-likeness (QED) is 0.618. The van der Waals surface area contributed by atoms with Gasteiger partial charge in [-0.3, -0.25) is 4.99 Å². The number of hydrogen-bond donors (Lipinski definition) is 2. The Hall–Kier alpha value is -1.79. The zero-order chi connectivity index (χ0) is 18.4. The molecule has 1 aromatic rings. The van der Waals surface area contributed by atoms with Gasteiger partial charge in [-0.05, 0) is 43.9 Å². The predicted octanol–water partition coefficient (Wildman–Crippen LogP) is 1.78. The highest BCUT2D eigenvalue weighted by molar-refractivity contribution is 5.80. The van der Waals surface area contributed by atoms with Gasteiger partial charge in [0.05, 0.1) is 19.8 Å². The van der Waals surface area contributed by atoms with Gasteiger partial charge in [0.2, 0.25) is 0 Å². The van der Waals surface area contributed by atoms with Crippen molar-refractivity contribution < 1.29 is 14.6 Å². The number of rotatable bonds is 5. The summed E-state index contributed by atoms with van der Waals surface area (Å²) in [6, 6.07) is 8.37. The summed E-state index contributed by atoms with van der Waals surface area (Å²) in [7, 11) is 1.69. The third-order valence-corrected chi connectivity index (χ3v) is 5.48. The van der Waals surface area contributed by atoms with E-state index >= 15 is 0 Å². The summed E-state index contributed by atoms with van der Waals surface area (Å²) in [5.41, 5.74) is 1.28. The van der Waals surface area contributed by atoms with Crippen LogP contribution in [0.4, 0.5) is 0 Å². The number of methoxy groups -OCH3 is 1. The molecule has 26 heavy (non-hydrogen) atoms. The number of nitrogens with zero attached hydrogens (tertiary/aromatic N) is 2. The van der Waals surface area contributed by atoms with Gasteiger partial charge in [0.1, 0.15) is 5.75 Å². The van der Waals surface area contributed by atoms with Gasteiger partial charge in [-0.25, -0.2) is 0 Å². The fraction of sp³-hybridized carbons (Fsp3) is 0.650. The van der Waals surface area contributed by atoms with Crippen LogP contribution in [0.5, 0.6) is 5.75 Å². The monoisotopic (exact) mass is 361 g/mol. The van der Waals surface area contributed by atoms with E-state index in [-0.39, 0.29) is 11.5 Å². The molecule has 2 heterocycles. The third-order valence-electron chi connectivity index (χ3n) is 5.48. The summed E-state index contributed by atoms with van der Waals surface area (Å²) < 4.78 is 10.9. The van der Waals surface area contributed by atoms with Crippen LogP contribution in [0.1, 0.15) is 31.7 Å². The predicted molar refractivity (Wildman–Crippen MR) is 103 cm³/mol. The molecule has 0 unspecified atom stereocenters. The van der Waals surface area contributed by atoms with Crippen molar-refractivity contribution in [3.8, 4) is 5.75 Å². The topological polar surface area (TPSA) is 66.3 Å². The van der Waals surface area contributed by atoms with E-state index in [9.17, 15) is 5.11 Å². The van der Waals surface area contributed by atoms with Crippen molar-refractivity contribution in [1.82, 2.24) is 10.2 Å². The van der Waals surface area contributed by atoms with E-state index < -0.39 is 0 Å². The normalized spacial score (nSPS) is 23.1. The van der Waals surface area contributed by atoms with Crippen molar-refractivity contribution in [1.29, 1.82) is 0 Å². The smallest absolute Gasteiger partial charge is 0.194 e. The minimum Gasteiger partial charge on any atom is -0.497 e. The molecule has 2 aliphatic rings. The van der Waals surface area contributed by atoms with Crippen molar-refractivity contribution in [2.24, 2.45) is 4.99 Å². The lowest BCUT2D eigenvalue weighted by atomic mass is 9.74. The summed E-state index contributed by atoms with van der Waals surface area (Å²) in [5.74, 6) is 1.78. The molecule has 6 heteroatoms. The number of aliphatic hydroxyl groups excluding tert-OH is 1. The largest absolute Gasteiger partial charge is 0.497 e. The second kappa shape index (κ2) is 8.73. The fourth-order valence-electron chi connectivity index (χ4n) is 3.83. The fourth-order valence-corrected chi connectivity index (χ4v) is 3.83. The van der Waals surface area contributed by atoms with Gasteiger partial charge in [-0.15, -0.1) is 0 Å². The average Bonchev–Trinajstić information content (AvgIpc) is 3.12. The average molecular weight is 361 g/mol. The standard InChI is InChI=1S/C20H31N3O3/c1-3-21-19(23-11-8-17(24)14-23)22-15-20(9-12-26-13-10-20)16-4-6-18(25-2)7-5-16/h4-7,17,24H,3,8-15H2,1-2H3,(H,21,22)/t17-/m1/s1. The second-order valence-electron chi connectivity index (χ2n) is 7.18. The Labute approximate surface area is 156 Å². The summed E-state index contributed by atoms with van der Waals surface area (Å²) in [5, 5.41) is 13.2. The molecule has 6 nitrogen and oxygen atoms in total. The van der Waals surface area contributed by atoms with Gasteiger partial charge in [0, 0.05) is 38.3 Å². The first-order valence-electron chi connectivity index (χ1n) is 9.60. The Balaban J connectivity index is 1.82. The van der Waals surface area contributed by atoms with E-state index in [0.717, 1.165) is 63.8 Å². The van der Waals surface area contributed by atoms with Crippen LogP contribution in [0.2, 0.25) is 0 Å². The maximum atomic E-state index is 9.86. The van der Waals surface area contributed by atoms with Crippen LogP contribution in [0.3, 0.4) is 0 Å². The molecule has 0 radical (unpaired) electrons. The van der Waals surface area contributed by atoms with Crippen LogP contribution in [0.25, 0.3) is 0 Å². The molecule has 0 aliphatic carbocycles. The molecular weight excluding hydrogens is 330 g/mol. The van der Waals surface area contributed by atoms with Crippen LogP contribution in [0, 0.1) is 0 Å². The number of ether oxygens (including phenoxy) is 2. The lowest BCUT2D eigenvalue weighted by molar-refractivity contribution is 0.0530. The molecule has 0 spiro atoms. The van der Waals surface area contributed by atoms with Crippen LogP contribution < -0.4 is 10.1 Å². The molecule has 2 fully saturated rings. The summed E-state index contributed by atoms with van der Waals surface area (Å²) in [4.78, 5) is 7.14. The Morgan fingerprint density at radius 1 is 1.35 bits per heavy atom. The first-order chi connectivity index (χ1) is 12.7. The number of nitrogens with one attached hydrogen (secondary N) is 1. The maximum Gasteiger partial charge on any atom is 0.194 e. The highest BCUT2D eigenvalue weighted by atomic mass is 16.5. The zero-order valence-electron chi connectivity index (χ0n) is 15.9. The number of benzene rings is 1. The Bertz CT molecular complexity index is 597. The van der Waals surface area contributed by atoms with Gasteiger partial charge in [0.15, 0.2) is 5.96 Å². The molecule has 3 rings (SSSR count). The molecule has 2 aliphatic heterocycles. The van der Waals surface area contributed by atoms with E-state index in [4.69, 9.17) is 14.5 Å². The Kier molecular flexibility index (Phi) is 6.38. The molecule has 144 valence electrons. The number of likely N-dealkylation sites (tertiary alicyclic amines) is 1. The summed E-state index contributed by atoms with van der Waals surface area (Å²) in [6.07, 6.45) is 2.48. The molecule has 0 aromatic heterocycles. The first-order valence-corrected chi connectivity index (χ1v) is 9.60. The van der Waals surface area contributed by atoms with Crippen molar-refractivity contribution in [2.75, 3.05) is 46.5 Å². The maximum absolute atomic E-state index is 9.86. The van der Waals surface area contributed by atoms with Crippen molar-refractivity contribution in [3.63, 3.8) is 0 Å². The van der Waals surface area contributed by atoms with E-state index in [1.54, 1.807) is 7.11 Å². The lowest BCUT2D eigenvalue weighted by Crippen LogP contribution is -2.43. The minimum absolute atomic E-state index is 0.0104. The minimum atomic E-state index is -0.252. The summed E-state index contributed by atoms with van der Waals surface area (Å²) >= 11 is 0. The number of aliphatic imine (C=N–C) groups is 1. The second-order valence-corrected chi connectivity index (χ2v) is 7.18. The van der Waals surface area contributed by atoms with Crippen molar-refractivity contribution >= 4 is 5.96 Å². The van der Waals surface area contributed by atoms with E-state index in [1.807, 2.05) is 12.1 Å².